The van der Waals surface area contributed by atoms with E-state index in [1.54, 1.807) is 49.6 Å². The Morgan fingerprint density at radius 2 is 1.19 bits per heavy atom. The molecule has 0 amide bonds. The van der Waals surface area contributed by atoms with E-state index >= 15 is 0 Å². The van der Waals surface area contributed by atoms with E-state index in [0.717, 1.165) is 17.4 Å². The molecule has 0 saturated heterocycles. The molecule has 0 aliphatic carbocycles. The zero-order valence-electron chi connectivity index (χ0n) is 19.5. The molecule has 0 unspecified atom stereocenters. The van der Waals surface area contributed by atoms with Crippen LogP contribution in [0.5, 0.6) is 11.5 Å². The summed E-state index contributed by atoms with van der Waals surface area (Å²) >= 11 is 5.95. The van der Waals surface area contributed by atoms with Crippen LogP contribution in [0.4, 0.5) is 5.69 Å². The smallest absolute Gasteiger partial charge is 0.270 e. The Kier molecular flexibility index (Phi) is 8.91. The summed E-state index contributed by atoms with van der Waals surface area (Å²) in [6.07, 6.45) is 1.48. The van der Waals surface area contributed by atoms with E-state index in [0.29, 0.717) is 45.1 Å². The molecule has 182 valence electrons. The lowest BCUT2D eigenvalue weighted by atomic mass is 10.0. The highest BCUT2D eigenvalue weighted by Crippen LogP contribution is 2.34. The van der Waals surface area contributed by atoms with E-state index in [9.17, 15) is 19.7 Å². The largest absolute Gasteiger partial charge is 0.495 e. The number of halogens is 1. The van der Waals surface area contributed by atoms with Crippen LogP contribution >= 0.6 is 11.6 Å². The molecule has 4 rings (SSSR count). The van der Waals surface area contributed by atoms with E-state index in [4.69, 9.17) is 21.1 Å². The fraction of sp³-hybridized carbons (Fsp3) is 0.0714. The van der Waals surface area contributed by atoms with Crippen molar-refractivity contribution in [3.63, 3.8) is 0 Å². The molecule has 7 nitrogen and oxygen atoms in total. The second-order valence-electron chi connectivity index (χ2n) is 7.41. The summed E-state index contributed by atoms with van der Waals surface area (Å²) in [6.45, 7) is 0. The first kappa shape index (κ1) is 26.1. The lowest BCUT2D eigenvalue weighted by Crippen LogP contribution is -1.94. The van der Waals surface area contributed by atoms with Gasteiger partial charge in [0.1, 0.15) is 11.5 Å². The highest BCUT2D eigenvalue weighted by Gasteiger charge is 2.13. The number of non-ortho nitro benzene ring substituents is 1. The van der Waals surface area contributed by atoms with Crippen molar-refractivity contribution in [1.29, 1.82) is 0 Å². The standard InChI is InChI=1S/C14H11ClO2.C14H11NO4/c1-17-14-11(9-16)5-3-7-13(14)10-4-2-6-12(15)8-10;1-19-14-11(9-16)5-3-7-13(14)10-4-2-6-12(8-10)15(17)18/h2-9H,1H3;2-9H,1H3. The monoisotopic (exact) mass is 503 g/mol. The molecule has 0 fully saturated rings. The average Bonchev–Trinajstić information content (AvgIpc) is 2.92. The molecule has 0 N–H and O–H groups in total. The Labute approximate surface area is 213 Å². The number of nitro benzene ring substituents is 1. The highest BCUT2D eigenvalue weighted by atomic mass is 35.5. The molecule has 0 radical (unpaired) electrons. The van der Waals surface area contributed by atoms with Crippen molar-refractivity contribution in [2.45, 2.75) is 0 Å². The molecule has 0 atom stereocenters. The maximum atomic E-state index is 11.0. The number of nitrogens with zero attached hydrogens (tertiary/aromatic N) is 1. The highest BCUT2D eigenvalue weighted by molar-refractivity contribution is 6.30. The topological polar surface area (TPSA) is 95.7 Å². The van der Waals surface area contributed by atoms with Crippen molar-refractivity contribution in [1.82, 2.24) is 0 Å². The van der Waals surface area contributed by atoms with Gasteiger partial charge in [-0.15, -0.1) is 0 Å². The van der Waals surface area contributed by atoms with Gasteiger partial charge in [-0.3, -0.25) is 19.7 Å². The zero-order valence-corrected chi connectivity index (χ0v) is 20.3. The summed E-state index contributed by atoms with van der Waals surface area (Å²) in [7, 11) is 3.01. The second kappa shape index (κ2) is 12.3. The minimum absolute atomic E-state index is 0.00365. The molecule has 0 aliphatic heterocycles. The Morgan fingerprint density at radius 3 is 1.64 bits per heavy atom. The predicted octanol–water partition coefficient (Wildman–Crippen LogP) is 6.91. The van der Waals surface area contributed by atoms with Crippen LogP contribution in [0, 0.1) is 10.1 Å². The Morgan fingerprint density at radius 1 is 0.722 bits per heavy atom. The van der Waals surface area contributed by atoms with Crippen molar-refractivity contribution in [3.8, 4) is 33.8 Å². The third kappa shape index (κ3) is 5.95. The van der Waals surface area contributed by atoms with E-state index < -0.39 is 4.92 Å². The third-order valence-electron chi connectivity index (χ3n) is 5.26. The van der Waals surface area contributed by atoms with Gasteiger partial charge in [-0.2, -0.15) is 0 Å². The van der Waals surface area contributed by atoms with Gasteiger partial charge in [-0.05, 0) is 35.4 Å². The molecule has 0 aliphatic rings. The van der Waals surface area contributed by atoms with Crippen LogP contribution < -0.4 is 9.47 Å². The Balaban J connectivity index is 0.000000202. The molecule has 0 bridgehead atoms. The minimum Gasteiger partial charge on any atom is -0.495 e. The number of aldehydes is 2. The predicted molar refractivity (Wildman–Crippen MR) is 139 cm³/mol. The fourth-order valence-corrected chi connectivity index (χ4v) is 3.84. The lowest BCUT2D eigenvalue weighted by Gasteiger charge is -2.10. The van der Waals surface area contributed by atoms with Gasteiger partial charge < -0.3 is 9.47 Å². The average molecular weight is 504 g/mol. The van der Waals surface area contributed by atoms with Gasteiger partial charge in [-0.25, -0.2) is 0 Å². The van der Waals surface area contributed by atoms with Crippen LogP contribution in [0.15, 0.2) is 84.9 Å². The van der Waals surface area contributed by atoms with Crippen LogP contribution in [-0.4, -0.2) is 31.7 Å². The van der Waals surface area contributed by atoms with Gasteiger partial charge in [-0.1, -0.05) is 60.1 Å². The van der Waals surface area contributed by atoms with E-state index in [1.165, 1.54) is 19.2 Å². The summed E-state index contributed by atoms with van der Waals surface area (Å²) in [5.74, 6) is 0.989. The van der Waals surface area contributed by atoms with Crippen molar-refractivity contribution >= 4 is 29.9 Å². The van der Waals surface area contributed by atoms with E-state index in [-0.39, 0.29) is 5.69 Å². The number of hydrogen-bond donors (Lipinski definition) is 0. The summed E-state index contributed by atoms with van der Waals surface area (Å²) in [6, 6.07) is 24.2. The number of benzene rings is 4. The fourth-order valence-electron chi connectivity index (χ4n) is 3.65. The Hall–Kier alpha value is -4.49. The maximum Gasteiger partial charge on any atom is 0.270 e. The van der Waals surface area contributed by atoms with Gasteiger partial charge in [0.15, 0.2) is 12.6 Å². The van der Waals surface area contributed by atoms with Crippen LogP contribution in [0.1, 0.15) is 20.7 Å². The molecule has 0 spiro atoms. The number of hydrogen-bond acceptors (Lipinski definition) is 6. The van der Waals surface area contributed by atoms with Crippen LogP contribution in [0.2, 0.25) is 5.02 Å². The SMILES string of the molecule is COc1c(C=O)cccc1-c1cccc(Cl)c1.COc1c(C=O)cccc1-c1cccc([N+](=O)[O-])c1. The number of methoxy groups -OCH3 is 2. The van der Waals surface area contributed by atoms with E-state index in [1.807, 2.05) is 30.3 Å². The number of rotatable bonds is 7. The Bertz CT molecular complexity index is 1400. The van der Waals surface area contributed by atoms with Gasteiger partial charge in [0.05, 0.1) is 30.3 Å². The molecule has 0 aromatic heterocycles. The van der Waals surface area contributed by atoms with E-state index in [2.05, 4.69) is 0 Å². The number of ether oxygens (including phenoxy) is 2. The second-order valence-corrected chi connectivity index (χ2v) is 7.85. The molecule has 4 aromatic rings. The molecule has 0 saturated carbocycles. The van der Waals surface area contributed by atoms with Gasteiger partial charge >= 0.3 is 0 Å². The van der Waals surface area contributed by atoms with Gasteiger partial charge in [0.2, 0.25) is 0 Å². The van der Waals surface area contributed by atoms with Crippen LogP contribution in [-0.2, 0) is 0 Å². The van der Waals surface area contributed by atoms with Crippen LogP contribution in [0.25, 0.3) is 22.3 Å². The number of carbonyl (C=O) groups excluding carboxylic acids is 2. The first-order valence-electron chi connectivity index (χ1n) is 10.7. The summed E-state index contributed by atoms with van der Waals surface area (Å²) in [5.41, 5.74) is 4.01. The molecule has 36 heavy (non-hydrogen) atoms. The van der Waals surface area contributed by atoms with Crippen molar-refractivity contribution < 1.29 is 24.0 Å². The number of carbonyl (C=O) groups is 2. The summed E-state index contributed by atoms with van der Waals surface area (Å²) < 4.78 is 10.5. The normalized spacial score (nSPS) is 9.97. The lowest BCUT2D eigenvalue weighted by molar-refractivity contribution is -0.384. The first-order chi connectivity index (χ1) is 17.4. The number of nitro groups is 1. The third-order valence-corrected chi connectivity index (χ3v) is 5.49. The molecule has 4 aromatic carbocycles. The van der Waals surface area contributed by atoms with Crippen LogP contribution in [0.3, 0.4) is 0 Å². The minimum atomic E-state index is -0.459. The van der Waals surface area contributed by atoms with Crippen molar-refractivity contribution in [3.05, 3.63) is 111 Å². The zero-order chi connectivity index (χ0) is 26.1. The molecule has 8 heteroatoms. The van der Waals surface area contributed by atoms with Gasteiger partial charge in [0.25, 0.3) is 5.69 Å². The molecular formula is C28H22ClNO6. The van der Waals surface area contributed by atoms with Crippen molar-refractivity contribution in [2.24, 2.45) is 0 Å². The quantitative estimate of drug-likeness (QED) is 0.154. The first-order valence-corrected chi connectivity index (χ1v) is 11.1. The summed E-state index contributed by atoms with van der Waals surface area (Å²) in [4.78, 5) is 32.2. The molecular weight excluding hydrogens is 482 g/mol. The molecule has 0 heterocycles. The number of para-hydroxylation sites is 2. The van der Waals surface area contributed by atoms with Gasteiger partial charge in [0, 0.05) is 28.3 Å². The maximum absolute atomic E-state index is 11.0. The van der Waals surface area contributed by atoms with Crippen molar-refractivity contribution in [2.75, 3.05) is 14.2 Å². The summed E-state index contributed by atoms with van der Waals surface area (Å²) in [5, 5.41) is 11.4.